The van der Waals surface area contributed by atoms with Crippen LogP contribution in [0, 0.1) is 0 Å². The van der Waals surface area contributed by atoms with E-state index < -0.39 is 0 Å². The highest BCUT2D eigenvalue weighted by molar-refractivity contribution is 9.10. The highest BCUT2D eigenvalue weighted by atomic mass is 79.9. The third kappa shape index (κ3) is 3.25. The molecule has 2 aromatic heterocycles. The number of methoxy groups -OCH3 is 1. The Bertz CT molecular complexity index is 646. The van der Waals surface area contributed by atoms with Gasteiger partial charge in [-0.2, -0.15) is 0 Å². The van der Waals surface area contributed by atoms with Crippen LogP contribution in [0.1, 0.15) is 0 Å². The Kier molecular flexibility index (Phi) is 4.63. The van der Waals surface area contributed by atoms with Crippen molar-refractivity contribution in [3.8, 4) is 5.75 Å². The fraction of sp³-hybridized carbons (Fsp3) is 0.357. The fourth-order valence-electron chi connectivity index (χ4n) is 2.34. The van der Waals surface area contributed by atoms with Crippen molar-refractivity contribution in [3.63, 3.8) is 0 Å². The molecule has 0 bridgehead atoms. The molecule has 1 aliphatic heterocycles. The number of ether oxygens (including phenoxy) is 1. The average molecular weight is 385 g/mol. The molecule has 1 fully saturated rings. The maximum absolute atomic E-state index is 5.94. The molecule has 1 saturated heterocycles. The van der Waals surface area contributed by atoms with Crippen LogP contribution >= 0.6 is 27.5 Å². The number of piperazine rings is 1. The lowest BCUT2D eigenvalue weighted by molar-refractivity contribution is 0.410. The SMILES string of the molecule is COc1cnc(N2CCN(c3ncc(Cl)cc3Br)CC2)nc1. The molecule has 0 unspecified atom stereocenters. The van der Waals surface area contributed by atoms with Gasteiger partial charge in [0, 0.05) is 32.4 Å². The van der Waals surface area contributed by atoms with E-state index in [1.165, 1.54) is 0 Å². The molecule has 0 atom stereocenters. The van der Waals surface area contributed by atoms with Crippen molar-refractivity contribution in [1.82, 2.24) is 15.0 Å². The lowest BCUT2D eigenvalue weighted by Gasteiger charge is -2.35. The largest absolute Gasteiger partial charge is 0.494 e. The Balaban J connectivity index is 1.66. The summed E-state index contributed by atoms with van der Waals surface area (Å²) in [6.45, 7) is 3.37. The Labute approximate surface area is 142 Å². The molecular weight excluding hydrogens is 370 g/mol. The third-order valence-electron chi connectivity index (χ3n) is 3.50. The smallest absolute Gasteiger partial charge is 0.225 e. The number of hydrogen-bond donors (Lipinski definition) is 0. The highest BCUT2D eigenvalue weighted by Crippen LogP contribution is 2.27. The maximum atomic E-state index is 5.94. The summed E-state index contributed by atoms with van der Waals surface area (Å²) in [4.78, 5) is 17.4. The van der Waals surface area contributed by atoms with Crippen LogP contribution in [-0.2, 0) is 0 Å². The summed E-state index contributed by atoms with van der Waals surface area (Å²) in [5.41, 5.74) is 0. The number of halogens is 2. The first-order valence-electron chi connectivity index (χ1n) is 6.84. The van der Waals surface area contributed by atoms with E-state index in [9.17, 15) is 0 Å². The summed E-state index contributed by atoms with van der Waals surface area (Å²) in [5.74, 6) is 2.31. The molecule has 0 spiro atoms. The van der Waals surface area contributed by atoms with Crippen molar-refractivity contribution in [1.29, 1.82) is 0 Å². The molecule has 116 valence electrons. The van der Waals surface area contributed by atoms with E-state index in [0.29, 0.717) is 10.8 Å². The van der Waals surface area contributed by atoms with Gasteiger partial charge in [0.05, 0.1) is 29.0 Å². The van der Waals surface area contributed by atoms with Crippen LogP contribution < -0.4 is 14.5 Å². The predicted octanol–water partition coefficient (Wildman–Crippen LogP) is 2.62. The van der Waals surface area contributed by atoms with Crippen LogP contribution in [0.2, 0.25) is 5.02 Å². The molecule has 0 radical (unpaired) electrons. The van der Waals surface area contributed by atoms with E-state index in [0.717, 1.165) is 42.4 Å². The zero-order chi connectivity index (χ0) is 15.5. The standard InChI is InChI=1S/C14H15BrClN5O/c1-22-11-8-18-14(19-9-11)21-4-2-20(3-5-21)13-12(15)6-10(16)7-17-13/h6-9H,2-5H2,1H3. The van der Waals surface area contributed by atoms with Crippen molar-refractivity contribution >= 4 is 39.3 Å². The second kappa shape index (κ2) is 6.66. The molecule has 8 heteroatoms. The molecule has 0 saturated carbocycles. The van der Waals surface area contributed by atoms with Crippen LogP contribution in [0.4, 0.5) is 11.8 Å². The van der Waals surface area contributed by atoms with E-state index >= 15 is 0 Å². The van der Waals surface area contributed by atoms with Crippen molar-refractivity contribution in [2.75, 3.05) is 43.1 Å². The molecule has 0 N–H and O–H groups in total. The van der Waals surface area contributed by atoms with Crippen molar-refractivity contribution in [2.24, 2.45) is 0 Å². The Hall–Kier alpha value is -1.60. The molecule has 2 aromatic rings. The Morgan fingerprint density at radius 2 is 1.68 bits per heavy atom. The van der Waals surface area contributed by atoms with E-state index in [1.807, 2.05) is 6.07 Å². The summed E-state index contributed by atoms with van der Waals surface area (Å²) < 4.78 is 5.99. The van der Waals surface area contributed by atoms with Gasteiger partial charge in [0.1, 0.15) is 5.82 Å². The number of aromatic nitrogens is 3. The molecule has 3 rings (SSSR count). The number of anilines is 2. The second-order valence-corrected chi connectivity index (χ2v) is 6.15. The monoisotopic (exact) mass is 383 g/mol. The van der Waals surface area contributed by atoms with Gasteiger partial charge in [-0.15, -0.1) is 0 Å². The molecule has 0 amide bonds. The van der Waals surface area contributed by atoms with Gasteiger partial charge in [-0.3, -0.25) is 0 Å². The van der Waals surface area contributed by atoms with Gasteiger partial charge >= 0.3 is 0 Å². The molecule has 3 heterocycles. The lowest BCUT2D eigenvalue weighted by Crippen LogP contribution is -2.47. The van der Waals surface area contributed by atoms with Crippen LogP contribution in [0.25, 0.3) is 0 Å². The average Bonchev–Trinajstić information content (AvgIpc) is 2.55. The van der Waals surface area contributed by atoms with Gasteiger partial charge in [-0.25, -0.2) is 15.0 Å². The topological polar surface area (TPSA) is 54.4 Å². The van der Waals surface area contributed by atoms with Crippen molar-refractivity contribution < 1.29 is 4.74 Å². The molecule has 0 aromatic carbocycles. The Morgan fingerprint density at radius 1 is 1.05 bits per heavy atom. The molecule has 1 aliphatic rings. The summed E-state index contributed by atoms with van der Waals surface area (Å²) in [5, 5.41) is 0.626. The van der Waals surface area contributed by atoms with Gasteiger partial charge in [-0.05, 0) is 22.0 Å². The zero-order valence-corrected chi connectivity index (χ0v) is 14.4. The molecular formula is C14H15BrClN5O. The molecule has 0 aliphatic carbocycles. The molecule has 22 heavy (non-hydrogen) atoms. The van der Waals surface area contributed by atoms with Gasteiger partial charge in [0.2, 0.25) is 5.95 Å². The van der Waals surface area contributed by atoms with E-state index in [2.05, 4.69) is 40.7 Å². The van der Waals surface area contributed by atoms with Crippen LogP contribution in [0.15, 0.2) is 29.1 Å². The Morgan fingerprint density at radius 3 is 2.27 bits per heavy atom. The normalized spacial score (nSPS) is 15.0. The highest BCUT2D eigenvalue weighted by Gasteiger charge is 2.21. The summed E-state index contributed by atoms with van der Waals surface area (Å²) in [6, 6.07) is 1.86. The van der Waals surface area contributed by atoms with Gasteiger partial charge in [-0.1, -0.05) is 11.6 Å². The van der Waals surface area contributed by atoms with E-state index in [1.54, 1.807) is 25.7 Å². The minimum Gasteiger partial charge on any atom is -0.494 e. The fourth-order valence-corrected chi connectivity index (χ4v) is 3.23. The molecule has 6 nitrogen and oxygen atoms in total. The van der Waals surface area contributed by atoms with E-state index in [4.69, 9.17) is 16.3 Å². The van der Waals surface area contributed by atoms with Gasteiger partial charge < -0.3 is 14.5 Å². The van der Waals surface area contributed by atoms with Crippen LogP contribution in [0.5, 0.6) is 5.75 Å². The first-order chi connectivity index (χ1) is 10.7. The van der Waals surface area contributed by atoms with Crippen molar-refractivity contribution in [2.45, 2.75) is 0 Å². The first kappa shape index (κ1) is 15.3. The quantitative estimate of drug-likeness (QED) is 0.811. The van der Waals surface area contributed by atoms with Crippen LogP contribution in [0.3, 0.4) is 0 Å². The summed E-state index contributed by atoms with van der Waals surface area (Å²) in [6.07, 6.45) is 5.04. The number of pyridine rings is 1. The maximum Gasteiger partial charge on any atom is 0.225 e. The van der Waals surface area contributed by atoms with Gasteiger partial charge in [0.25, 0.3) is 0 Å². The summed E-state index contributed by atoms with van der Waals surface area (Å²) >= 11 is 9.46. The minimum absolute atomic E-state index is 0.626. The zero-order valence-electron chi connectivity index (χ0n) is 12.0. The number of rotatable bonds is 3. The van der Waals surface area contributed by atoms with Crippen molar-refractivity contribution in [3.05, 3.63) is 34.2 Å². The minimum atomic E-state index is 0.626. The second-order valence-electron chi connectivity index (χ2n) is 4.86. The predicted molar refractivity (Wildman–Crippen MR) is 90.0 cm³/mol. The number of hydrogen-bond acceptors (Lipinski definition) is 6. The van der Waals surface area contributed by atoms with Crippen LogP contribution in [-0.4, -0.2) is 48.2 Å². The first-order valence-corrected chi connectivity index (χ1v) is 8.01. The van der Waals surface area contributed by atoms with Gasteiger partial charge in [0.15, 0.2) is 5.75 Å². The van der Waals surface area contributed by atoms with E-state index in [-0.39, 0.29) is 0 Å². The number of nitrogens with zero attached hydrogens (tertiary/aromatic N) is 5. The third-order valence-corrected chi connectivity index (χ3v) is 4.29. The summed E-state index contributed by atoms with van der Waals surface area (Å²) in [7, 11) is 1.61. The lowest BCUT2D eigenvalue weighted by atomic mass is 10.3.